The highest BCUT2D eigenvalue weighted by molar-refractivity contribution is 5.81. The van der Waals surface area contributed by atoms with E-state index in [1.807, 2.05) is 20.8 Å². The van der Waals surface area contributed by atoms with Crippen molar-refractivity contribution in [3.63, 3.8) is 0 Å². The summed E-state index contributed by atoms with van der Waals surface area (Å²) in [5.41, 5.74) is 0. The summed E-state index contributed by atoms with van der Waals surface area (Å²) in [7, 11) is 0. The van der Waals surface area contributed by atoms with Crippen LogP contribution in [0.15, 0.2) is 0 Å². The topological polar surface area (TPSA) is 104 Å². The van der Waals surface area contributed by atoms with E-state index in [9.17, 15) is 19.2 Å². The molecule has 0 saturated heterocycles. The molecule has 1 saturated carbocycles. The Morgan fingerprint density at radius 1 is 0.857 bits per heavy atom. The van der Waals surface area contributed by atoms with Crippen LogP contribution in [-0.2, 0) is 19.2 Å². The van der Waals surface area contributed by atoms with Gasteiger partial charge in [0.15, 0.2) is 0 Å². The number of amides is 3. The average Bonchev–Trinajstić information content (AvgIpc) is 2.66. The first-order chi connectivity index (χ1) is 13.3. The van der Waals surface area contributed by atoms with Crippen LogP contribution in [0.5, 0.6) is 0 Å². The van der Waals surface area contributed by atoms with E-state index >= 15 is 0 Å². The summed E-state index contributed by atoms with van der Waals surface area (Å²) in [6.07, 6.45) is 5.34. The van der Waals surface area contributed by atoms with Gasteiger partial charge in [0.1, 0.15) is 5.78 Å². The van der Waals surface area contributed by atoms with Gasteiger partial charge in [0.25, 0.3) is 0 Å². The largest absolute Gasteiger partial charge is 0.356 e. The van der Waals surface area contributed by atoms with Gasteiger partial charge in [-0.1, -0.05) is 20.8 Å². The van der Waals surface area contributed by atoms with E-state index in [2.05, 4.69) is 16.0 Å². The summed E-state index contributed by atoms with van der Waals surface area (Å²) in [6.45, 7) is 6.90. The van der Waals surface area contributed by atoms with Crippen molar-refractivity contribution in [3.8, 4) is 0 Å². The fraction of sp³-hybridized carbons (Fsp3) is 0.810. The second-order valence-electron chi connectivity index (χ2n) is 8.09. The number of hydrogen-bond acceptors (Lipinski definition) is 4. The average molecular weight is 396 g/mol. The Hall–Kier alpha value is -1.92. The van der Waals surface area contributed by atoms with Gasteiger partial charge >= 0.3 is 0 Å². The third-order valence-electron chi connectivity index (χ3n) is 5.09. The lowest BCUT2D eigenvalue weighted by Gasteiger charge is -2.28. The summed E-state index contributed by atoms with van der Waals surface area (Å²) in [5, 5.41) is 8.53. The van der Waals surface area contributed by atoms with E-state index in [0.717, 1.165) is 25.7 Å². The van der Waals surface area contributed by atoms with Crippen LogP contribution in [0.4, 0.5) is 0 Å². The quantitative estimate of drug-likeness (QED) is 0.470. The van der Waals surface area contributed by atoms with Crippen molar-refractivity contribution in [1.29, 1.82) is 0 Å². The molecule has 0 atom stereocenters. The van der Waals surface area contributed by atoms with E-state index in [4.69, 9.17) is 0 Å². The van der Waals surface area contributed by atoms with Gasteiger partial charge in [-0.2, -0.15) is 0 Å². The Morgan fingerprint density at radius 2 is 1.46 bits per heavy atom. The predicted octanol–water partition coefficient (Wildman–Crippen LogP) is 2.09. The molecule has 0 aromatic carbocycles. The third-order valence-corrected chi connectivity index (χ3v) is 5.09. The van der Waals surface area contributed by atoms with Crippen molar-refractivity contribution in [3.05, 3.63) is 0 Å². The molecule has 0 aromatic heterocycles. The van der Waals surface area contributed by atoms with Gasteiger partial charge in [0.05, 0.1) is 0 Å². The first-order valence-electron chi connectivity index (χ1n) is 10.7. The van der Waals surface area contributed by atoms with Crippen molar-refractivity contribution in [2.45, 2.75) is 84.6 Å². The maximum Gasteiger partial charge on any atom is 0.221 e. The van der Waals surface area contributed by atoms with E-state index in [-0.39, 0.29) is 42.5 Å². The van der Waals surface area contributed by atoms with Crippen LogP contribution >= 0.6 is 0 Å². The number of hydrogen-bond donors (Lipinski definition) is 3. The third kappa shape index (κ3) is 10.4. The number of Topliss-reactive ketones (excluding diaryl/α,β-unsaturated/α-hetero) is 1. The molecule has 0 spiro atoms. The molecule has 0 aliphatic heterocycles. The zero-order chi connectivity index (χ0) is 20.9. The van der Waals surface area contributed by atoms with E-state index in [0.29, 0.717) is 44.1 Å². The van der Waals surface area contributed by atoms with Gasteiger partial charge in [-0.25, -0.2) is 0 Å². The molecule has 1 fully saturated rings. The minimum atomic E-state index is -0.136. The molecule has 7 heteroatoms. The van der Waals surface area contributed by atoms with Gasteiger partial charge in [-0.3, -0.25) is 19.2 Å². The monoisotopic (exact) mass is 395 g/mol. The highest BCUT2D eigenvalue weighted by atomic mass is 16.2. The van der Waals surface area contributed by atoms with Gasteiger partial charge in [0.2, 0.25) is 17.7 Å². The minimum absolute atomic E-state index is 0.0360. The van der Waals surface area contributed by atoms with Crippen LogP contribution in [0.1, 0.15) is 78.6 Å². The Bertz CT molecular complexity index is 526. The molecular weight excluding hydrogens is 358 g/mol. The second kappa shape index (κ2) is 13.3. The zero-order valence-corrected chi connectivity index (χ0v) is 17.6. The van der Waals surface area contributed by atoms with Crippen LogP contribution in [0, 0.1) is 11.8 Å². The predicted molar refractivity (Wildman–Crippen MR) is 109 cm³/mol. The lowest BCUT2D eigenvalue weighted by atomic mass is 9.83. The van der Waals surface area contributed by atoms with Crippen molar-refractivity contribution >= 4 is 23.5 Å². The van der Waals surface area contributed by atoms with Crippen LogP contribution in [0.3, 0.4) is 0 Å². The molecule has 1 aliphatic rings. The Balaban J connectivity index is 2.07. The second-order valence-corrected chi connectivity index (χ2v) is 8.09. The number of carbonyl (C=O) groups excluding carboxylic acids is 4. The van der Waals surface area contributed by atoms with Crippen molar-refractivity contribution in [2.24, 2.45) is 11.8 Å². The molecule has 0 bridgehead atoms. The molecule has 160 valence electrons. The summed E-state index contributed by atoms with van der Waals surface area (Å²) in [6, 6.07) is 0.145. The summed E-state index contributed by atoms with van der Waals surface area (Å²) in [5.74, 6) is 0.652. The van der Waals surface area contributed by atoms with Gasteiger partial charge in [0, 0.05) is 50.7 Å². The van der Waals surface area contributed by atoms with Crippen molar-refractivity contribution < 1.29 is 19.2 Å². The fourth-order valence-corrected chi connectivity index (χ4v) is 3.37. The molecule has 7 nitrogen and oxygen atoms in total. The lowest BCUT2D eigenvalue weighted by molar-refractivity contribution is -0.124. The first kappa shape index (κ1) is 24.1. The van der Waals surface area contributed by atoms with Gasteiger partial charge in [-0.05, 0) is 38.0 Å². The number of rotatable bonds is 12. The smallest absolute Gasteiger partial charge is 0.221 e. The number of ketones is 1. The molecule has 28 heavy (non-hydrogen) atoms. The number of nitrogens with one attached hydrogen (secondary N) is 3. The molecule has 3 amide bonds. The van der Waals surface area contributed by atoms with E-state index in [1.165, 1.54) is 0 Å². The van der Waals surface area contributed by atoms with E-state index < -0.39 is 0 Å². The Kier molecular flexibility index (Phi) is 11.4. The SMILES string of the molecule is CCC(=O)C1CCC(NC(=O)CCCC(=O)NCCC(=O)NCC(C)C)CC1. The number of carbonyl (C=O) groups is 4. The van der Waals surface area contributed by atoms with Crippen LogP contribution in [0.2, 0.25) is 0 Å². The molecule has 3 N–H and O–H groups in total. The van der Waals surface area contributed by atoms with Gasteiger partial charge in [-0.15, -0.1) is 0 Å². The standard InChI is InChI=1S/C21H37N3O4/c1-4-18(25)16-8-10-17(11-9-16)24-21(28)7-5-6-19(26)22-13-12-20(27)23-14-15(2)3/h15-17H,4-14H2,1-3H3,(H,22,26)(H,23,27)(H,24,28). The highest BCUT2D eigenvalue weighted by Crippen LogP contribution is 2.25. The first-order valence-corrected chi connectivity index (χ1v) is 10.7. The zero-order valence-electron chi connectivity index (χ0n) is 17.6. The molecular formula is C21H37N3O4. The van der Waals surface area contributed by atoms with Crippen molar-refractivity contribution in [2.75, 3.05) is 13.1 Å². The lowest BCUT2D eigenvalue weighted by Crippen LogP contribution is -2.38. The summed E-state index contributed by atoms with van der Waals surface area (Å²) >= 11 is 0. The Morgan fingerprint density at radius 3 is 2.07 bits per heavy atom. The molecule has 1 rings (SSSR count). The molecule has 0 heterocycles. The van der Waals surface area contributed by atoms with Crippen LogP contribution < -0.4 is 16.0 Å². The summed E-state index contributed by atoms with van der Waals surface area (Å²) in [4.78, 5) is 47.1. The maximum absolute atomic E-state index is 12.0. The normalized spacial score (nSPS) is 19.1. The summed E-state index contributed by atoms with van der Waals surface area (Å²) < 4.78 is 0. The molecule has 0 unspecified atom stereocenters. The molecule has 1 aliphatic carbocycles. The Labute approximate surface area is 168 Å². The van der Waals surface area contributed by atoms with Crippen LogP contribution in [-0.4, -0.2) is 42.6 Å². The molecule has 0 radical (unpaired) electrons. The maximum atomic E-state index is 12.0. The molecule has 0 aromatic rings. The van der Waals surface area contributed by atoms with Crippen LogP contribution in [0.25, 0.3) is 0 Å². The van der Waals surface area contributed by atoms with Gasteiger partial charge < -0.3 is 16.0 Å². The van der Waals surface area contributed by atoms with Crippen molar-refractivity contribution in [1.82, 2.24) is 16.0 Å². The van der Waals surface area contributed by atoms with E-state index in [1.54, 1.807) is 0 Å². The fourth-order valence-electron chi connectivity index (χ4n) is 3.37. The minimum Gasteiger partial charge on any atom is -0.356 e. The highest BCUT2D eigenvalue weighted by Gasteiger charge is 2.25.